The first-order valence-electron chi connectivity index (χ1n) is 30.4. The summed E-state index contributed by atoms with van der Waals surface area (Å²) in [6, 6.07) is 11.9. The van der Waals surface area contributed by atoms with Gasteiger partial charge in [-0.05, 0) is 145 Å². The van der Waals surface area contributed by atoms with E-state index in [4.69, 9.17) is 34.4 Å². The highest BCUT2D eigenvalue weighted by Gasteiger charge is 2.51. The second-order valence-corrected chi connectivity index (χ2v) is 24.5. The van der Waals surface area contributed by atoms with Gasteiger partial charge in [0.15, 0.2) is 0 Å². The zero-order valence-corrected chi connectivity index (χ0v) is 51.2. The van der Waals surface area contributed by atoms with Crippen LogP contribution in [0.25, 0.3) is 22.3 Å². The minimum Gasteiger partial charge on any atom is -0.508 e. The lowest BCUT2D eigenvalue weighted by atomic mass is 9.81. The Morgan fingerprint density at radius 3 is 2.35 bits per heavy atom. The van der Waals surface area contributed by atoms with Gasteiger partial charge in [-0.25, -0.2) is 19.3 Å². The number of esters is 1. The highest BCUT2D eigenvalue weighted by molar-refractivity contribution is 6.02. The zero-order valence-electron chi connectivity index (χ0n) is 51.2. The van der Waals surface area contributed by atoms with Gasteiger partial charge in [0.25, 0.3) is 5.56 Å². The van der Waals surface area contributed by atoms with Crippen LogP contribution in [-0.2, 0) is 102 Å². The number of rotatable bonds is 27. The van der Waals surface area contributed by atoms with Crippen LogP contribution in [0.5, 0.6) is 5.75 Å². The van der Waals surface area contributed by atoms with Crippen LogP contribution < -0.4 is 32.6 Å². The van der Waals surface area contributed by atoms with E-state index in [0.29, 0.717) is 85.6 Å². The third kappa shape index (κ3) is 15.5. The number of phenols is 1. The van der Waals surface area contributed by atoms with Crippen LogP contribution in [0.3, 0.4) is 0 Å². The standard InChI is InChI=1S/C63H79N11O15/c1-7-43-44-25-42(75)20-21-48(44)68-55-45(43)30-73-50(55)26-47-46(58(73)82)32-86-59(83)63(47,8-2)89-60(84)87-31-38-14-18-40(19-15-38)66-57(81)49(11-9-10-24-64)67-51(76)33-85-34-52(77)69-61(3,4)36-88-62(5,6)35-72-29-41(70-71-72)27-65-56(80)39-16-12-37(13-17-39)28-74-53(78)22-23-54(74)79/h14-15,18-21,25-26,29,37,39,49,75H,7-13,16-17,22-24,27-28,30-36,64H2,1-6H3,(H,65,80)(H,66,81)(H,67,76)(H,69,77). The van der Waals surface area contributed by atoms with E-state index in [1.807, 2.05) is 20.8 Å². The van der Waals surface area contributed by atoms with Crippen LogP contribution in [0.2, 0.25) is 0 Å². The smallest absolute Gasteiger partial charge is 0.508 e. The Morgan fingerprint density at radius 1 is 0.910 bits per heavy atom. The summed E-state index contributed by atoms with van der Waals surface area (Å²) in [5.41, 5.74) is 6.83. The molecule has 1 saturated carbocycles. The van der Waals surface area contributed by atoms with E-state index >= 15 is 0 Å². The Kier molecular flexibility index (Phi) is 20.3. The molecule has 9 rings (SSSR count). The summed E-state index contributed by atoms with van der Waals surface area (Å²) in [7, 11) is 0. The number of fused-ring (bicyclic) bond motifs is 5. The van der Waals surface area contributed by atoms with E-state index in [1.165, 1.54) is 4.90 Å². The molecule has 2 aromatic carbocycles. The number of ether oxygens (including phenoxy) is 5. The molecule has 4 aliphatic rings. The number of likely N-dealkylation sites (tertiary alicyclic amines) is 1. The number of aromatic hydroxyl groups is 1. The normalized spacial score (nSPS) is 18.4. The van der Waals surface area contributed by atoms with E-state index in [9.17, 15) is 48.3 Å². The van der Waals surface area contributed by atoms with Crippen molar-refractivity contribution in [2.24, 2.45) is 17.6 Å². The third-order valence-corrected chi connectivity index (χ3v) is 16.7. The van der Waals surface area contributed by atoms with Crippen LogP contribution >= 0.6 is 0 Å². The number of hydrogen-bond donors (Lipinski definition) is 6. The predicted molar refractivity (Wildman–Crippen MR) is 321 cm³/mol. The SMILES string of the molecule is CCc1c2c(nc3ccc(O)cc13)-c1cc3c(c(=O)n1C2)COC(=O)C3(CC)OC(=O)OCc1ccc(NC(=O)C(CCCCN)NC(=O)COCC(=O)NC(C)(C)COC(C)(C)Cn2cc(CNC(=O)C3CCC(CN4C(=O)CCC4=O)CC3)nn2)cc1. The number of aryl methyl sites for hydroxylation is 1. The summed E-state index contributed by atoms with van der Waals surface area (Å²) in [6.45, 7) is 11.0. The molecule has 7 N–H and O–H groups in total. The topological polar surface area (TPSA) is 346 Å². The number of nitrogens with zero attached hydrogens (tertiary/aromatic N) is 6. The average Bonchev–Trinajstić information content (AvgIpc) is 1.66. The molecule has 476 valence electrons. The van der Waals surface area contributed by atoms with Gasteiger partial charge in [0.2, 0.25) is 41.0 Å². The number of phenolic OH excluding ortho intramolecular Hbond substituents is 1. The van der Waals surface area contributed by atoms with Crippen molar-refractivity contribution in [3.63, 3.8) is 0 Å². The van der Waals surface area contributed by atoms with Crippen molar-refractivity contribution >= 4 is 64.2 Å². The number of pyridine rings is 2. The number of carbonyl (C=O) groups excluding carboxylic acids is 8. The minimum absolute atomic E-state index is 0.0689. The van der Waals surface area contributed by atoms with Crippen LogP contribution in [0.4, 0.5) is 10.5 Å². The molecule has 0 bridgehead atoms. The second kappa shape index (κ2) is 27.8. The summed E-state index contributed by atoms with van der Waals surface area (Å²) < 4.78 is 31.7. The molecule has 1 saturated heterocycles. The highest BCUT2D eigenvalue weighted by atomic mass is 16.7. The maximum atomic E-state index is 14.1. The van der Waals surface area contributed by atoms with Crippen LogP contribution in [0, 0.1) is 11.8 Å². The Labute approximate surface area is 514 Å². The molecule has 5 aromatic rings. The van der Waals surface area contributed by atoms with Gasteiger partial charge in [-0.3, -0.25) is 38.5 Å². The molecular weight excluding hydrogens is 1150 g/mol. The molecule has 0 spiro atoms. The number of benzene rings is 2. The summed E-state index contributed by atoms with van der Waals surface area (Å²) >= 11 is 0. The van der Waals surface area contributed by atoms with Crippen LogP contribution in [0.1, 0.15) is 139 Å². The van der Waals surface area contributed by atoms with Crippen molar-refractivity contribution in [2.45, 2.75) is 168 Å². The molecule has 2 fully saturated rings. The third-order valence-electron chi connectivity index (χ3n) is 16.7. The van der Waals surface area contributed by atoms with E-state index in [-0.39, 0.29) is 105 Å². The zero-order chi connectivity index (χ0) is 63.8. The molecular formula is C63H79N11O15. The number of aromatic nitrogens is 5. The lowest BCUT2D eigenvalue weighted by molar-refractivity contribution is -0.175. The molecule has 6 heterocycles. The summed E-state index contributed by atoms with van der Waals surface area (Å²) in [5, 5.41) is 30.8. The Balaban J connectivity index is 0.697. The van der Waals surface area contributed by atoms with E-state index in [1.54, 1.807) is 84.7 Å². The van der Waals surface area contributed by atoms with Gasteiger partial charge >= 0.3 is 12.1 Å². The van der Waals surface area contributed by atoms with Crippen molar-refractivity contribution in [3.8, 4) is 17.1 Å². The second-order valence-electron chi connectivity index (χ2n) is 24.5. The molecule has 3 aromatic heterocycles. The van der Waals surface area contributed by atoms with Gasteiger partial charge in [-0.2, -0.15) is 0 Å². The summed E-state index contributed by atoms with van der Waals surface area (Å²) in [4.78, 5) is 124. The number of amides is 6. The van der Waals surface area contributed by atoms with Gasteiger partial charge in [0.1, 0.15) is 43.9 Å². The number of carbonyl (C=O) groups is 8. The van der Waals surface area contributed by atoms with Gasteiger partial charge in [0.05, 0.1) is 66.0 Å². The predicted octanol–water partition coefficient (Wildman–Crippen LogP) is 4.83. The van der Waals surface area contributed by atoms with Gasteiger partial charge in [-0.15, -0.1) is 5.10 Å². The number of nitrogens with one attached hydrogen (secondary N) is 4. The fraction of sp³-hybridized carbons (Fsp3) is 0.524. The van der Waals surface area contributed by atoms with Crippen molar-refractivity contribution in [1.29, 1.82) is 0 Å². The lowest BCUT2D eigenvalue weighted by Gasteiger charge is -2.35. The van der Waals surface area contributed by atoms with Crippen LogP contribution in [-0.4, -0.2) is 132 Å². The number of cyclic esters (lactones) is 1. The molecule has 1 aliphatic carbocycles. The molecule has 26 nitrogen and oxygen atoms in total. The van der Waals surface area contributed by atoms with Crippen molar-refractivity contribution < 1.29 is 67.1 Å². The van der Waals surface area contributed by atoms with Gasteiger partial charge < -0.3 is 60.4 Å². The molecule has 2 atom stereocenters. The number of hydrogen-bond acceptors (Lipinski definition) is 19. The fourth-order valence-electron chi connectivity index (χ4n) is 11.9. The Hall–Kier alpha value is -8.62. The van der Waals surface area contributed by atoms with E-state index in [0.717, 1.165) is 29.4 Å². The molecule has 6 amide bonds. The summed E-state index contributed by atoms with van der Waals surface area (Å²) in [6.07, 6.45) is 5.89. The fourth-order valence-corrected chi connectivity index (χ4v) is 11.9. The van der Waals surface area contributed by atoms with E-state index in [2.05, 4.69) is 31.6 Å². The van der Waals surface area contributed by atoms with Crippen molar-refractivity contribution in [1.82, 2.24) is 45.4 Å². The van der Waals surface area contributed by atoms with Crippen LogP contribution in [0.15, 0.2) is 59.5 Å². The van der Waals surface area contributed by atoms with Gasteiger partial charge in [-0.1, -0.05) is 31.2 Å². The number of unbranched alkanes of at least 4 members (excludes halogenated alkanes) is 1. The quantitative estimate of drug-likeness (QED) is 0.0228. The molecule has 0 radical (unpaired) electrons. The largest absolute Gasteiger partial charge is 0.510 e. The number of imide groups is 1. The first kappa shape index (κ1) is 64.8. The molecule has 3 aliphatic heterocycles. The highest BCUT2D eigenvalue weighted by Crippen LogP contribution is 2.43. The summed E-state index contributed by atoms with van der Waals surface area (Å²) in [5.74, 6) is -2.67. The minimum atomic E-state index is -2.01. The monoisotopic (exact) mass is 1230 g/mol. The Morgan fingerprint density at radius 2 is 1.64 bits per heavy atom. The maximum absolute atomic E-state index is 14.1. The maximum Gasteiger partial charge on any atom is 0.510 e. The first-order chi connectivity index (χ1) is 42.5. The molecule has 2 unspecified atom stereocenters. The van der Waals surface area contributed by atoms with E-state index < -0.39 is 71.4 Å². The molecule has 26 heteroatoms. The van der Waals surface area contributed by atoms with Crippen molar-refractivity contribution in [2.75, 3.05) is 38.2 Å². The van der Waals surface area contributed by atoms with Crippen molar-refractivity contribution in [3.05, 3.63) is 98.6 Å². The average molecular weight is 1230 g/mol. The first-order valence-corrected chi connectivity index (χ1v) is 30.4. The number of nitrogens with two attached hydrogens (primary N) is 1. The number of anilines is 1. The van der Waals surface area contributed by atoms with Gasteiger partial charge in [0, 0.05) is 47.5 Å². The molecule has 89 heavy (non-hydrogen) atoms. The Bertz CT molecular complexity index is 3560. The lowest BCUT2D eigenvalue weighted by Crippen LogP contribution is -2.50.